The minimum atomic E-state index is -0.770. The lowest BCUT2D eigenvalue weighted by molar-refractivity contribution is -0.136. The van der Waals surface area contributed by atoms with E-state index in [0.29, 0.717) is 35.3 Å². The molecule has 1 aliphatic rings. The molecule has 0 aliphatic carbocycles. The van der Waals surface area contributed by atoms with Gasteiger partial charge in [0.1, 0.15) is 0 Å². The first-order valence-electron chi connectivity index (χ1n) is 8.99. The largest absolute Gasteiger partial charge is 0.345 e. The molecular formula is C19H26ClN3O3. The van der Waals surface area contributed by atoms with Gasteiger partial charge in [-0.25, -0.2) is 0 Å². The van der Waals surface area contributed by atoms with Gasteiger partial charge in [0, 0.05) is 24.7 Å². The van der Waals surface area contributed by atoms with Crippen molar-refractivity contribution >= 4 is 40.7 Å². The number of hydrogen-bond acceptors (Lipinski definition) is 3. The second-order valence-electron chi connectivity index (χ2n) is 7.11. The highest BCUT2D eigenvalue weighted by atomic mass is 35.5. The van der Waals surface area contributed by atoms with E-state index in [9.17, 15) is 14.4 Å². The molecule has 0 radical (unpaired) electrons. The number of halogens is 1. The van der Waals surface area contributed by atoms with Crippen molar-refractivity contribution in [1.82, 2.24) is 5.32 Å². The zero-order chi connectivity index (χ0) is 19.3. The Kier molecular flexibility index (Phi) is 7.03. The van der Waals surface area contributed by atoms with Gasteiger partial charge in [-0.15, -0.1) is 0 Å². The Balaban J connectivity index is 1.99. The first-order valence-corrected chi connectivity index (χ1v) is 9.37. The molecule has 0 bridgehead atoms. The molecule has 3 amide bonds. The van der Waals surface area contributed by atoms with Gasteiger partial charge >= 0.3 is 11.8 Å². The van der Waals surface area contributed by atoms with E-state index in [2.05, 4.69) is 24.5 Å². The molecule has 26 heavy (non-hydrogen) atoms. The monoisotopic (exact) mass is 379 g/mol. The van der Waals surface area contributed by atoms with E-state index in [0.717, 1.165) is 19.3 Å². The fourth-order valence-corrected chi connectivity index (χ4v) is 2.99. The normalized spacial score (nSPS) is 15.3. The van der Waals surface area contributed by atoms with E-state index in [4.69, 9.17) is 11.6 Å². The third kappa shape index (κ3) is 5.46. The Morgan fingerprint density at radius 2 is 1.92 bits per heavy atom. The summed E-state index contributed by atoms with van der Waals surface area (Å²) in [6.07, 6.45) is 3.10. The number of carbonyl (C=O) groups is 3. The van der Waals surface area contributed by atoms with Gasteiger partial charge in [0.15, 0.2) is 0 Å². The first-order chi connectivity index (χ1) is 12.3. The lowest BCUT2D eigenvalue weighted by Crippen LogP contribution is -2.40. The van der Waals surface area contributed by atoms with Gasteiger partial charge in [0.05, 0.1) is 10.7 Å². The second kappa shape index (κ2) is 9.03. The minimum Gasteiger partial charge on any atom is -0.345 e. The molecule has 0 aromatic heterocycles. The number of hydrogen-bond donors (Lipinski definition) is 2. The summed E-state index contributed by atoms with van der Waals surface area (Å²) < 4.78 is 0. The van der Waals surface area contributed by atoms with Crippen LogP contribution in [0.4, 0.5) is 11.4 Å². The molecule has 1 heterocycles. The van der Waals surface area contributed by atoms with Crippen LogP contribution in [0.3, 0.4) is 0 Å². The fraction of sp³-hybridized carbons (Fsp3) is 0.526. The Morgan fingerprint density at radius 3 is 2.54 bits per heavy atom. The van der Waals surface area contributed by atoms with Gasteiger partial charge < -0.3 is 15.5 Å². The highest BCUT2D eigenvalue weighted by Gasteiger charge is 2.23. The van der Waals surface area contributed by atoms with E-state index >= 15 is 0 Å². The molecule has 0 spiro atoms. The van der Waals surface area contributed by atoms with Crippen molar-refractivity contribution in [2.45, 2.75) is 52.5 Å². The summed E-state index contributed by atoms with van der Waals surface area (Å²) in [6, 6.07) is 4.88. The van der Waals surface area contributed by atoms with Gasteiger partial charge in [-0.2, -0.15) is 0 Å². The standard InChI is InChI=1S/C19H26ClN3O3/c1-12(2)6-7-13(3)21-18(25)19(26)22-16-11-14(8-9-15(16)20)23-10-4-5-17(23)24/h8-9,11-13H,4-7,10H2,1-3H3,(H,21,25)(H,22,26). The molecule has 142 valence electrons. The second-order valence-corrected chi connectivity index (χ2v) is 7.52. The molecule has 1 saturated heterocycles. The number of amides is 3. The van der Waals surface area contributed by atoms with Gasteiger partial charge in [-0.1, -0.05) is 25.4 Å². The minimum absolute atomic E-state index is 0.0429. The highest BCUT2D eigenvalue weighted by Crippen LogP contribution is 2.29. The number of rotatable bonds is 6. The SMILES string of the molecule is CC(C)CCC(C)NC(=O)C(=O)Nc1cc(N2CCCC2=O)ccc1Cl. The Morgan fingerprint density at radius 1 is 1.19 bits per heavy atom. The third-order valence-corrected chi connectivity index (χ3v) is 4.67. The molecule has 2 N–H and O–H groups in total. The molecule has 2 rings (SSSR count). The molecule has 1 aliphatic heterocycles. The average molecular weight is 380 g/mol. The van der Waals surface area contributed by atoms with Crippen molar-refractivity contribution in [2.75, 3.05) is 16.8 Å². The van der Waals surface area contributed by atoms with Crippen LogP contribution >= 0.6 is 11.6 Å². The Hall–Kier alpha value is -2.08. The van der Waals surface area contributed by atoms with Crippen molar-refractivity contribution in [3.05, 3.63) is 23.2 Å². The van der Waals surface area contributed by atoms with Crippen molar-refractivity contribution in [1.29, 1.82) is 0 Å². The summed E-state index contributed by atoms with van der Waals surface area (Å²) in [4.78, 5) is 37.8. The van der Waals surface area contributed by atoms with Gasteiger partial charge in [0.2, 0.25) is 5.91 Å². The maximum absolute atomic E-state index is 12.2. The third-order valence-electron chi connectivity index (χ3n) is 4.34. The fourth-order valence-electron chi connectivity index (χ4n) is 2.82. The number of benzene rings is 1. The first kappa shape index (κ1) is 20.2. The van der Waals surface area contributed by atoms with Crippen LogP contribution in [-0.2, 0) is 14.4 Å². The van der Waals surface area contributed by atoms with Crippen LogP contribution in [0.15, 0.2) is 18.2 Å². The summed E-state index contributed by atoms with van der Waals surface area (Å²) in [5.74, 6) is -0.882. The van der Waals surface area contributed by atoms with E-state index in [1.807, 2.05) is 6.92 Å². The average Bonchev–Trinajstić information content (AvgIpc) is 3.01. The van der Waals surface area contributed by atoms with E-state index in [1.165, 1.54) is 0 Å². The van der Waals surface area contributed by atoms with Crippen LogP contribution < -0.4 is 15.5 Å². The van der Waals surface area contributed by atoms with Crippen LogP contribution in [0.25, 0.3) is 0 Å². The summed E-state index contributed by atoms with van der Waals surface area (Å²) in [5, 5.41) is 5.55. The summed E-state index contributed by atoms with van der Waals surface area (Å²) in [7, 11) is 0. The quantitative estimate of drug-likeness (QED) is 0.744. The van der Waals surface area contributed by atoms with Crippen LogP contribution in [0.5, 0.6) is 0 Å². The molecule has 7 heteroatoms. The van der Waals surface area contributed by atoms with Gasteiger partial charge in [-0.3, -0.25) is 14.4 Å². The Bertz CT molecular complexity index is 691. The molecule has 0 saturated carbocycles. The highest BCUT2D eigenvalue weighted by molar-refractivity contribution is 6.41. The maximum atomic E-state index is 12.2. The Labute approximate surface area is 159 Å². The van der Waals surface area contributed by atoms with Crippen LogP contribution in [0.1, 0.15) is 46.5 Å². The number of nitrogens with one attached hydrogen (secondary N) is 2. The van der Waals surface area contributed by atoms with Crippen LogP contribution in [-0.4, -0.2) is 30.3 Å². The van der Waals surface area contributed by atoms with Crippen LogP contribution in [0, 0.1) is 5.92 Å². The molecular weight excluding hydrogens is 354 g/mol. The van der Waals surface area contributed by atoms with E-state index in [1.54, 1.807) is 23.1 Å². The topological polar surface area (TPSA) is 78.5 Å². The van der Waals surface area contributed by atoms with Crippen molar-refractivity contribution in [3.8, 4) is 0 Å². The zero-order valence-electron chi connectivity index (χ0n) is 15.5. The molecule has 1 fully saturated rings. The number of carbonyl (C=O) groups excluding carboxylic acids is 3. The molecule has 6 nitrogen and oxygen atoms in total. The van der Waals surface area contributed by atoms with Crippen molar-refractivity contribution in [2.24, 2.45) is 5.92 Å². The van der Waals surface area contributed by atoms with E-state index < -0.39 is 11.8 Å². The summed E-state index contributed by atoms with van der Waals surface area (Å²) in [6.45, 7) is 6.74. The number of nitrogens with zero attached hydrogens (tertiary/aromatic N) is 1. The van der Waals surface area contributed by atoms with Crippen molar-refractivity contribution < 1.29 is 14.4 Å². The summed E-state index contributed by atoms with van der Waals surface area (Å²) >= 11 is 6.13. The molecule has 1 unspecified atom stereocenters. The van der Waals surface area contributed by atoms with Gasteiger partial charge in [0.25, 0.3) is 0 Å². The maximum Gasteiger partial charge on any atom is 0.313 e. The van der Waals surface area contributed by atoms with Crippen LogP contribution in [0.2, 0.25) is 5.02 Å². The summed E-state index contributed by atoms with van der Waals surface area (Å²) in [5.41, 5.74) is 0.983. The molecule has 1 atom stereocenters. The predicted molar refractivity (Wildman–Crippen MR) is 103 cm³/mol. The van der Waals surface area contributed by atoms with Gasteiger partial charge in [-0.05, 0) is 50.3 Å². The smallest absolute Gasteiger partial charge is 0.313 e. The van der Waals surface area contributed by atoms with E-state index in [-0.39, 0.29) is 11.9 Å². The lowest BCUT2D eigenvalue weighted by Gasteiger charge is -2.18. The molecule has 1 aromatic carbocycles. The van der Waals surface area contributed by atoms with Crippen molar-refractivity contribution in [3.63, 3.8) is 0 Å². The molecule has 1 aromatic rings. The lowest BCUT2D eigenvalue weighted by atomic mass is 10.0. The predicted octanol–water partition coefficient (Wildman–Crippen LogP) is 3.35. The zero-order valence-corrected chi connectivity index (χ0v) is 16.2. The number of anilines is 2.